The summed E-state index contributed by atoms with van der Waals surface area (Å²) in [4.78, 5) is 34.5. The highest BCUT2D eigenvalue weighted by atomic mass is 16.6. The Morgan fingerprint density at radius 1 is 1.17 bits per heavy atom. The molecule has 3 aromatic rings. The number of carbonyl (C=O) groups is 2. The fraction of sp³-hybridized carbons (Fsp3) is 0.111. The number of non-ortho nitro benzene ring substituents is 1. The molecule has 3 rings (SSSR count). The van der Waals surface area contributed by atoms with E-state index < -0.39 is 23.4 Å². The van der Waals surface area contributed by atoms with E-state index in [2.05, 4.69) is 20.8 Å². The molecule has 0 saturated heterocycles. The van der Waals surface area contributed by atoms with Crippen LogP contribution in [0.4, 0.5) is 17.4 Å². The molecule has 2 aromatic carbocycles. The van der Waals surface area contributed by atoms with Crippen LogP contribution in [0.25, 0.3) is 11.5 Å². The van der Waals surface area contributed by atoms with Crippen molar-refractivity contribution >= 4 is 29.3 Å². The van der Waals surface area contributed by atoms with E-state index in [0.717, 1.165) is 6.07 Å². The molecule has 1 amide bonds. The molecule has 0 spiro atoms. The zero-order valence-electron chi connectivity index (χ0n) is 15.1. The van der Waals surface area contributed by atoms with Crippen molar-refractivity contribution in [1.82, 2.24) is 10.2 Å². The minimum absolute atomic E-state index is 0.0707. The van der Waals surface area contributed by atoms with Crippen LogP contribution in [-0.4, -0.2) is 40.7 Å². The summed E-state index contributed by atoms with van der Waals surface area (Å²) in [7, 11) is 1.55. The zero-order valence-corrected chi connectivity index (χ0v) is 15.1. The van der Waals surface area contributed by atoms with Gasteiger partial charge in [-0.25, -0.2) is 4.79 Å². The van der Waals surface area contributed by atoms with Gasteiger partial charge < -0.3 is 14.5 Å². The predicted molar refractivity (Wildman–Crippen MR) is 101 cm³/mol. The second kappa shape index (κ2) is 8.61. The van der Waals surface area contributed by atoms with Crippen molar-refractivity contribution in [3.05, 3.63) is 64.2 Å². The highest BCUT2D eigenvalue weighted by Crippen LogP contribution is 2.23. The molecule has 11 nitrogen and oxygen atoms in total. The summed E-state index contributed by atoms with van der Waals surface area (Å²) in [5.74, 6) is -1.39. The van der Waals surface area contributed by atoms with E-state index in [0.29, 0.717) is 11.3 Å². The number of aromatic nitrogens is 2. The first-order valence-corrected chi connectivity index (χ1v) is 8.30. The number of nitro benzene ring substituents is 1. The standard InChI is InChI=1S/C18H15N5O6/c1-19-14-8-7-12(23(26)27)9-13(14)17(25)28-10-15(24)20-18-22-21-16(29-18)11-5-3-2-4-6-11/h2-9,19H,10H2,1H3,(H,20,22,24). The van der Waals surface area contributed by atoms with Crippen molar-refractivity contribution in [3.63, 3.8) is 0 Å². The number of anilines is 2. The lowest BCUT2D eigenvalue weighted by molar-refractivity contribution is -0.384. The summed E-state index contributed by atoms with van der Waals surface area (Å²) in [6.07, 6.45) is 0. The number of hydrogen-bond donors (Lipinski definition) is 2. The second-order valence-electron chi connectivity index (χ2n) is 5.64. The average molecular weight is 397 g/mol. The van der Waals surface area contributed by atoms with Crippen LogP contribution in [0.15, 0.2) is 52.9 Å². The molecule has 1 aromatic heterocycles. The summed E-state index contributed by atoms with van der Waals surface area (Å²) in [6, 6.07) is 12.5. The summed E-state index contributed by atoms with van der Waals surface area (Å²) >= 11 is 0. The largest absolute Gasteiger partial charge is 0.452 e. The molecule has 0 saturated carbocycles. The number of nitro groups is 1. The van der Waals surface area contributed by atoms with Crippen LogP contribution in [0.3, 0.4) is 0 Å². The number of hydrogen-bond acceptors (Lipinski definition) is 9. The Morgan fingerprint density at radius 3 is 2.62 bits per heavy atom. The highest BCUT2D eigenvalue weighted by molar-refractivity contribution is 5.98. The molecule has 29 heavy (non-hydrogen) atoms. The molecular formula is C18H15N5O6. The Bertz CT molecular complexity index is 1050. The molecule has 0 atom stereocenters. The van der Waals surface area contributed by atoms with E-state index in [1.54, 1.807) is 31.3 Å². The third kappa shape index (κ3) is 4.71. The van der Waals surface area contributed by atoms with Crippen LogP contribution in [0.2, 0.25) is 0 Å². The molecule has 0 fully saturated rings. The fourth-order valence-electron chi connectivity index (χ4n) is 2.37. The molecule has 148 valence electrons. The van der Waals surface area contributed by atoms with Crippen LogP contribution in [0.5, 0.6) is 0 Å². The molecule has 0 bridgehead atoms. The van der Waals surface area contributed by atoms with Crippen LogP contribution in [0.1, 0.15) is 10.4 Å². The molecule has 0 radical (unpaired) electrons. The van der Waals surface area contributed by atoms with Gasteiger partial charge >= 0.3 is 12.0 Å². The molecule has 2 N–H and O–H groups in total. The number of carbonyl (C=O) groups excluding carboxylic acids is 2. The van der Waals surface area contributed by atoms with Gasteiger partial charge in [-0.15, -0.1) is 5.10 Å². The van der Waals surface area contributed by atoms with Gasteiger partial charge in [-0.3, -0.25) is 20.2 Å². The number of esters is 1. The fourth-order valence-corrected chi connectivity index (χ4v) is 2.37. The summed E-state index contributed by atoms with van der Waals surface area (Å²) in [5, 5.41) is 23.5. The van der Waals surface area contributed by atoms with Gasteiger partial charge in [0.25, 0.3) is 11.6 Å². The van der Waals surface area contributed by atoms with Gasteiger partial charge in [0.05, 0.1) is 10.5 Å². The first-order chi connectivity index (χ1) is 14.0. The summed E-state index contributed by atoms with van der Waals surface area (Å²) < 4.78 is 10.3. The van der Waals surface area contributed by atoms with Crippen LogP contribution in [0, 0.1) is 10.1 Å². The van der Waals surface area contributed by atoms with Gasteiger partial charge in [-0.1, -0.05) is 23.3 Å². The third-order valence-electron chi connectivity index (χ3n) is 3.73. The third-order valence-corrected chi connectivity index (χ3v) is 3.73. The van der Waals surface area contributed by atoms with Crippen molar-refractivity contribution in [2.45, 2.75) is 0 Å². The minimum atomic E-state index is -0.899. The van der Waals surface area contributed by atoms with E-state index in [-0.39, 0.29) is 23.2 Å². The Kier molecular flexibility index (Phi) is 5.78. The number of nitrogens with one attached hydrogen (secondary N) is 2. The first-order valence-electron chi connectivity index (χ1n) is 8.30. The minimum Gasteiger partial charge on any atom is -0.452 e. The van der Waals surface area contributed by atoms with Crippen molar-refractivity contribution < 1.29 is 23.7 Å². The second-order valence-corrected chi connectivity index (χ2v) is 5.64. The van der Waals surface area contributed by atoms with Gasteiger partial charge in [0.1, 0.15) is 0 Å². The van der Waals surface area contributed by atoms with E-state index >= 15 is 0 Å². The van der Waals surface area contributed by atoms with Crippen molar-refractivity contribution in [2.24, 2.45) is 0 Å². The molecule has 11 heteroatoms. The smallest absolute Gasteiger partial charge is 0.341 e. The van der Waals surface area contributed by atoms with E-state index in [1.807, 2.05) is 6.07 Å². The maximum atomic E-state index is 12.2. The maximum absolute atomic E-state index is 12.2. The zero-order chi connectivity index (χ0) is 20.8. The van der Waals surface area contributed by atoms with Crippen molar-refractivity contribution in [2.75, 3.05) is 24.3 Å². The Labute approximate surface area is 163 Å². The molecule has 0 aliphatic heterocycles. The SMILES string of the molecule is CNc1ccc([N+](=O)[O-])cc1C(=O)OCC(=O)Nc1nnc(-c2ccccc2)o1. The normalized spacial score (nSPS) is 10.2. The molecule has 0 aliphatic carbocycles. The molecular weight excluding hydrogens is 382 g/mol. The highest BCUT2D eigenvalue weighted by Gasteiger charge is 2.19. The topological polar surface area (TPSA) is 149 Å². The number of benzene rings is 2. The van der Waals surface area contributed by atoms with E-state index in [1.165, 1.54) is 12.1 Å². The Morgan fingerprint density at radius 2 is 1.93 bits per heavy atom. The van der Waals surface area contributed by atoms with Gasteiger partial charge in [0.15, 0.2) is 6.61 Å². The predicted octanol–water partition coefficient (Wildman–Crippen LogP) is 2.48. The Hall–Kier alpha value is -4.28. The van der Waals surface area contributed by atoms with E-state index in [9.17, 15) is 19.7 Å². The lowest BCUT2D eigenvalue weighted by Gasteiger charge is -2.08. The van der Waals surface area contributed by atoms with Gasteiger partial charge in [-0.05, 0) is 18.2 Å². The number of rotatable bonds is 7. The van der Waals surface area contributed by atoms with Gasteiger partial charge in [-0.2, -0.15) is 0 Å². The number of nitrogens with zero attached hydrogens (tertiary/aromatic N) is 3. The number of ether oxygens (including phenoxy) is 1. The maximum Gasteiger partial charge on any atom is 0.341 e. The monoisotopic (exact) mass is 397 g/mol. The average Bonchev–Trinajstić information content (AvgIpc) is 3.20. The molecule has 0 unspecified atom stereocenters. The van der Waals surface area contributed by atoms with Gasteiger partial charge in [0.2, 0.25) is 5.89 Å². The van der Waals surface area contributed by atoms with Crippen LogP contribution < -0.4 is 10.6 Å². The van der Waals surface area contributed by atoms with Crippen LogP contribution in [-0.2, 0) is 9.53 Å². The molecule has 1 heterocycles. The summed E-state index contributed by atoms with van der Waals surface area (Å²) in [6.45, 7) is -0.645. The van der Waals surface area contributed by atoms with Gasteiger partial charge in [0, 0.05) is 30.4 Å². The first kappa shape index (κ1) is 19.5. The Balaban J connectivity index is 1.61. The number of amides is 1. The van der Waals surface area contributed by atoms with Crippen LogP contribution >= 0.6 is 0 Å². The summed E-state index contributed by atoms with van der Waals surface area (Å²) in [5.41, 5.74) is 0.654. The quantitative estimate of drug-likeness (QED) is 0.348. The lowest BCUT2D eigenvalue weighted by atomic mass is 10.1. The van der Waals surface area contributed by atoms with Crippen molar-refractivity contribution in [1.29, 1.82) is 0 Å². The molecule has 0 aliphatic rings. The lowest BCUT2D eigenvalue weighted by Crippen LogP contribution is -2.21. The van der Waals surface area contributed by atoms with E-state index in [4.69, 9.17) is 9.15 Å². The van der Waals surface area contributed by atoms with Crippen molar-refractivity contribution in [3.8, 4) is 11.5 Å².